The maximum Gasteiger partial charge on any atom is 0.198 e. The number of pyridine rings is 1. The molecule has 4 fully saturated rings. The summed E-state index contributed by atoms with van der Waals surface area (Å²) >= 11 is -0.172. The van der Waals surface area contributed by atoms with Crippen molar-refractivity contribution in [2.45, 2.75) is 63.1 Å². The Kier molecular flexibility index (Phi) is 5.50. The summed E-state index contributed by atoms with van der Waals surface area (Å²) in [4.78, 5) is 12.3. The van der Waals surface area contributed by atoms with Crippen molar-refractivity contribution in [2.75, 3.05) is 26.7 Å². The lowest BCUT2D eigenvalue weighted by Gasteiger charge is -2.49. The summed E-state index contributed by atoms with van der Waals surface area (Å²) in [5.41, 5.74) is 2.62. The van der Waals surface area contributed by atoms with Crippen molar-refractivity contribution in [3.05, 3.63) is 63.5 Å². The van der Waals surface area contributed by atoms with Crippen molar-refractivity contribution >= 4 is 24.4 Å². The zero-order valence-electron chi connectivity index (χ0n) is 19.1. The second-order valence-electron chi connectivity index (χ2n) is 9.88. The Morgan fingerprint density at radius 1 is 1.12 bits per heavy atom. The molecule has 0 amide bonds. The first-order valence-electron chi connectivity index (χ1n) is 12.1. The second kappa shape index (κ2) is 8.37. The molecule has 6 aliphatic heterocycles. The highest BCUT2D eigenvalue weighted by Gasteiger charge is 2.43. The van der Waals surface area contributed by atoms with Crippen LogP contribution in [0.25, 0.3) is 0 Å². The van der Waals surface area contributed by atoms with Crippen LogP contribution in [-0.4, -0.2) is 61.6 Å². The number of aromatic nitrogens is 1. The Morgan fingerprint density at radius 2 is 1.91 bits per heavy atom. The van der Waals surface area contributed by atoms with Gasteiger partial charge in [-0.05, 0) is 76.3 Å². The van der Waals surface area contributed by atoms with E-state index in [-0.39, 0.29) is 26.3 Å². The van der Waals surface area contributed by atoms with Gasteiger partial charge in [0.2, 0.25) is 0 Å². The topological polar surface area (TPSA) is 31.8 Å². The highest BCUT2D eigenvalue weighted by molar-refractivity contribution is 14.2. The third-order valence-electron chi connectivity index (χ3n) is 7.99. The van der Waals surface area contributed by atoms with Crippen LogP contribution in [0, 0.1) is 6.92 Å². The van der Waals surface area contributed by atoms with E-state index < -0.39 is 0 Å². The third-order valence-corrected chi connectivity index (χ3v) is 11.0. The third kappa shape index (κ3) is 3.68. The highest BCUT2D eigenvalue weighted by Crippen LogP contribution is 2.44. The SMILES string of the molecule is Cc1cccnc1[C@@H]1CCC[C@H](C2=CN3C(OC45CCN(CC4)CC5)=CC=CC3=I2)N1C. The molecule has 0 N–H and O–H groups in total. The van der Waals surface area contributed by atoms with Crippen molar-refractivity contribution in [2.24, 2.45) is 0 Å². The molecule has 32 heavy (non-hydrogen) atoms. The lowest BCUT2D eigenvalue weighted by molar-refractivity contribution is -0.102. The molecular formula is C26H33IN4O. The van der Waals surface area contributed by atoms with E-state index in [1.165, 1.54) is 73.0 Å². The largest absolute Gasteiger partial charge is 0.472 e. The number of nitrogens with zero attached hydrogens (tertiary/aromatic N) is 4. The van der Waals surface area contributed by atoms with Gasteiger partial charge >= 0.3 is 0 Å². The van der Waals surface area contributed by atoms with Crippen LogP contribution >= 0.6 is 20.7 Å². The van der Waals surface area contributed by atoms with Gasteiger partial charge in [-0.25, -0.2) is 0 Å². The van der Waals surface area contributed by atoms with E-state index in [1.54, 1.807) is 3.58 Å². The Balaban J connectivity index is 1.23. The van der Waals surface area contributed by atoms with Crippen molar-refractivity contribution in [1.82, 2.24) is 19.7 Å². The molecule has 6 aliphatic rings. The summed E-state index contributed by atoms with van der Waals surface area (Å²) in [6, 6.07) is 5.17. The molecule has 0 aromatic carbocycles. The minimum atomic E-state index is -0.172. The van der Waals surface area contributed by atoms with E-state index in [1.807, 2.05) is 6.20 Å². The second-order valence-corrected chi connectivity index (χ2v) is 12.8. The molecule has 5 nitrogen and oxygen atoms in total. The molecule has 4 saturated heterocycles. The van der Waals surface area contributed by atoms with Crippen LogP contribution in [0.3, 0.4) is 0 Å². The van der Waals surface area contributed by atoms with Crippen LogP contribution in [0.2, 0.25) is 0 Å². The number of halogens is 1. The Hall–Kier alpha value is -1.51. The van der Waals surface area contributed by atoms with Gasteiger partial charge in [-0.15, -0.1) is 0 Å². The van der Waals surface area contributed by atoms with Gasteiger partial charge in [0, 0.05) is 41.7 Å². The lowest BCUT2D eigenvalue weighted by atomic mass is 9.83. The van der Waals surface area contributed by atoms with Gasteiger partial charge in [0.15, 0.2) is 5.88 Å². The van der Waals surface area contributed by atoms with Gasteiger partial charge in [0.05, 0.1) is 15.4 Å². The number of allylic oxidation sites excluding steroid dienone is 2. The predicted molar refractivity (Wildman–Crippen MR) is 137 cm³/mol. The van der Waals surface area contributed by atoms with Gasteiger partial charge in [-0.2, -0.15) is 0 Å². The van der Waals surface area contributed by atoms with E-state index in [4.69, 9.17) is 9.72 Å². The quantitative estimate of drug-likeness (QED) is 0.507. The van der Waals surface area contributed by atoms with Crippen LogP contribution in [0.5, 0.6) is 0 Å². The van der Waals surface area contributed by atoms with Gasteiger partial charge in [-0.1, -0.05) is 32.9 Å². The summed E-state index contributed by atoms with van der Waals surface area (Å²) < 4.78 is 9.91. The molecule has 2 atom stereocenters. The van der Waals surface area contributed by atoms with Crippen LogP contribution in [0.1, 0.15) is 55.8 Å². The number of ether oxygens (including phenoxy) is 1. The molecule has 0 radical (unpaired) electrons. The summed E-state index contributed by atoms with van der Waals surface area (Å²) in [6.45, 7) is 5.77. The molecule has 1 aromatic rings. The van der Waals surface area contributed by atoms with Crippen LogP contribution in [0.4, 0.5) is 0 Å². The first kappa shape index (κ1) is 21.1. The molecule has 0 aliphatic carbocycles. The summed E-state index contributed by atoms with van der Waals surface area (Å²) in [5, 5.41) is 0. The van der Waals surface area contributed by atoms with E-state index >= 15 is 0 Å². The van der Waals surface area contributed by atoms with Crippen molar-refractivity contribution in [3.8, 4) is 0 Å². The summed E-state index contributed by atoms with van der Waals surface area (Å²) in [7, 11) is 2.31. The number of aryl methyl sites for hydroxylation is 1. The molecule has 6 heteroatoms. The van der Waals surface area contributed by atoms with E-state index in [0.717, 1.165) is 5.88 Å². The van der Waals surface area contributed by atoms with Gasteiger partial charge in [0.1, 0.15) is 5.60 Å². The summed E-state index contributed by atoms with van der Waals surface area (Å²) in [6.07, 6.45) is 18.3. The molecule has 0 saturated carbocycles. The fraction of sp³-hybridized carbons (Fsp3) is 0.538. The Labute approximate surface area is 201 Å². The van der Waals surface area contributed by atoms with E-state index in [2.05, 4.69) is 65.2 Å². The fourth-order valence-electron chi connectivity index (χ4n) is 5.98. The fourth-order valence-corrected chi connectivity index (χ4v) is 9.17. The van der Waals surface area contributed by atoms with Crippen LogP contribution in [0.15, 0.2) is 52.2 Å². The van der Waals surface area contributed by atoms with Crippen molar-refractivity contribution in [1.29, 1.82) is 0 Å². The minimum absolute atomic E-state index is 0.0506. The van der Waals surface area contributed by atoms with Crippen LogP contribution in [-0.2, 0) is 4.74 Å². The van der Waals surface area contributed by atoms with E-state index in [9.17, 15) is 0 Å². The lowest BCUT2D eigenvalue weighted by Crippen LogP contribution is -2.54. The summed E-state index contributed by atoms with van der Waals surface area (Å²) in [5.74, 6) is 1.06. The number of fused-ring (bicyclic) bond motifs is 4. The van der Waals surface area contributed by atoms with Crippen molar-refractivity contribution < 1.29 is 4.74 Å². The normalized spacial score (nSPS) is 34.4. The number of likely N-dealkylation sites (tertiary alicyclic amines) is 1. The monoisotopic (exact) mass is 544 g/mol. The molecule has 170 valence electrons. The Morgan fingerprint density at radius 3 is 2.69 bits per heavy atom. The molecule has 2 bridgehead atoms. The molecule has 1 aromatic heterocycles. The molecule has 0 spiro atoms. The molecule has 7 heterocycles. The van der Waals surface area contributed by atoms with Crippen LogP contribution < -0.4 is 0 Å². The van der Waals surface area contributed by atoms with E-state index in [0.29, 0.717) is 12.1 Å². The van der Waals surface area contributed by atoms with Gasteiger partial charge in [-0.3, -0.25) is 14.8 Å². The van der Waals surface area contributed by atoms with Gasteiger partial charge < -0.3 is 9.64 Å². The zero-order valence-corrected chi connectivity index (χ0v) is 21.3. The number of hydrogen-bond donors (Lipinski definition) is 0. The zero-order chi connectivity index (χ0) is 21.7. The number of piperidine rings is 4. The number of hydrogen-bond acceptors (Lipinski definition) is 5. The number of rotatable bonds is 4. The first-order chi connectivity index (χ1) is 15.6. The maximum absolute atomic E-state index is 6.83. The molecular weight excluding hydrogens is 511 g/mol. The average Bonchev–Trinajstić information content (AvgIpc) is 3.26. The predicted octanol–water partition coefficient (Wildman–Crippen LogP) is 4.84. The standard InChI is InChI=1S/C26H33IN4O/c1-19-6-5-14-28-25(19)22-8-3-7-21(29(22)2)20-18-31-23(27-20)9-4-10-24(31)32-26-11-15-30(16-12-26)17-13-26/h4-6,9-10,14,18,21-22H,3,7-8,11-13,15-17H2,1-2H3/t21-,22+/m1/s1. The highest BCUT2D eigenvalue weighted by atomic mass is 127. The Bertz CT molecular complexity index is 1010. The maximum atomic E-state index is 6.83. The minimum Gasteiger partial charge on any atom is -0.472 e. The molecule has 7 rings (SSSR count). The number of likely N-dealkylation sites (N-methyl/N-ethyl adjacent to an activating group) is 1. The smallest absolute Gasteiger partial charge is 0.198 e. The average molecular weight is 544 g/mol. The van der Waals surface area contributed by atoms with Gasteiger partial charge in [0.25, 0.3) is 0 Å². The first-order valence-corrected chi connectivity index (χ1v) is 14.2. The van der Waals surface area contributed by atoms with Crippen molar-refractivity contribution in [3.63, 3.8) is 0 Å². The molecule has 0 unspecified atom stereocenters.